The highest BCUT2D eigenvalue weighted by Crippen LogP contribution is 2.20. The molecule has 8 nitrogen and oxygen atoms in total. The normalized spacial score (nSPS) is 22.8. The zero-order valence-electron chi connectivity index (χ0n) is 15.3. The molecule has 3 atom stereocenters. The summed E-state index contributed by atoms with van der Waals surface area (Å²) in [6.45, 7) is 8.40. The molecule has 0 aromatic heterocycles. The minimum absolute atomic E-state index is 0.272. The molecule has 1 rings (SSSR count). The van der Waals surface area contributed by atoms with Crippen molar-refractivity contribution in [2.24, 2.45) is 11.7 Å². The van der Waals surface area contributed by atoms with E-state index in [-0.39, 0.29) is 23.5 Å². The Morgan fingerprint density at radius 1 is 1.28 bits per heavy atom. The molecule has 1 aliphatic heterocycles. The number of carboxylic acid groups (broad SMARTS) is 1. The predicted octanol–water partition coefficient (Wildman–Crippen LogP) is 0.470. The molecule has 8 heteroatoms. The summed E-state index contributed by atoms with van der Waals surface area (Å²) in [5, 5.41) is 11.9. The van der Waals surface area contributed by atoms with Crippen LogP contribution in [0.25, 0.3) is 0 Å². The average molecular weight is 355 g/mol. The van der Waals surface area contributed by atoms with E-state index in [2.05, 4.69) is 5.32 Å². The number of hydrogen-bond acceptors (Lipinski definition) is 5. The number of amides is 2. The van der Waals surface area contributed by atoms with Crippen molar-refractivity contribution in [1.82, 2.24) is 10.2 Å². The second-order valence-electron chi connectivity index (χ2n) is 6.47. The van der Waals surface area contributed by atoms with E-state index in [1.165, 1.54) is 6.08 Å². The molecule has 25 heavy (non-hydrogen) atoms. The average Bonchev–Trinajstić information content (AvgIpc) is 2.55. The monoisotopic (exact) mass is 355 g/mol. The zero-order valence-corrected chi connectivity index (χ0v) is 15.3. The Bertz CT molecular complexity index is 526. The summed E-state index contributed by atoms with van der Waals surface area (Å²) in [4.78, 5) is 37.9. The van der Waals surface area contributed by atoms with Gasteiger partial charge in [-0.3, -0.25) is 9.59 Å². The molecule has 0 aromatic rings. The number of rotatable bonds is 8. The highest BCUT2D eigenvalue weighted by Gasteiger charge is 2.42. The molecule has 1 heterocycles. The maximum Gasteiger partial charge on any atom is 0.370 e. The Morgan fingerprint density at radius 3 is 2.28 bits per heavy atom. The van der Waals surface area contributed by atoms with Crippen LogP contribution < -0.4 is 11.1 Å². The van der Waals surface area contributed by atoms with Crippen LogP contribution in [0, 0.1) is 5.92 Å². The van der Waals surface area contributed by atoms with Crippen LogP contribution >= 0.6 is 0 Å². The number of ether oxygens (including phenoxy) is 1. The van der Waals surface area contributed by atoms with E-state index >= 15 is 0 Å². The number of carbonyl (C=O) groups excluding carboxylic acids is 2. The summed E-state index contributed by atoms with van der Waals surface area (Å²) in [6, 6.07) is -1.65. The van der Waals surface area contributed by atoms with Crippen molar-refractivity contribution in [2.75, 3.05) is 13.1 Å². The highest BCUT2D eigenvalue weighted by molar-refractivity contribution is 5.89. The van der Waals surface area contributed by atoms with E-state index in [9.17, 15) is 19.5 Å². The fraction of sp³-hybridized carbons (Fsp3) is 0.706. The number of carbonyl (C=O) groups is 3. The Hall–Kier alpha value is -2.09. The largest absolute Gasteiger partial charge is 0.475 e. The van der Waals surface area contributed by atoms with E-state index in [0.717, 1.165) is 12.8 Å². The topological polar surface area (TPSA) is 122 Å². The molecule has 0 bridgehead atoms. The van der Waals surface area contributed by atoms with Gasteiger partial charge in [-0.25, -0.2) is 4.79 Å². The van der Waals surface area contributed by atoms with Gasteiger partial charge in [0.2, 0.25) is 11.7 Å². The lowest BCUT2D eigenvalue weighted by Gasteiger charge is -2.37. The SMILES string of the molecule is CCCN(CCC)C(=O)[C@@H]1OC(C(=O)O)=C[C@H](N)[C@H]1NC(=O)C(C)C. The molecule has 0 aliphatic carbocycles. The van der Waals surface area contributed by atoms with Crippen molar-refractivity contribution in [3.8, 4) is 0 Å². The van der Waals surface area contributed by atoms with Crippen LogP contribution in [0.5, 0.6) is 0 Å². The van der Waals surface area contributed by atoms with Crippen LogP contribution in [0.4, 0.5) is 0 Å². The van der Waals surface area contributed by atoms with Crippen molar-refractivity contribution in [1.29, 1.82) is 0 Å². The third-order valence-electron chi connectivity index (χ3n) is 3.92. The van der Waals surface area contributed by atoms with E-state index in [1.807, 2.05) is 13.8 Å². The maximum absolute atomic E-state index is 12.9. The second-order valence-corrected chi connectivity index (χ2v) is 6.47. The first-order valence-corrected chi connectivity index (χ1v) is 8.69. The quantitative estimate of drug-likeness (QED) is 0.582. The molecule has 0 radical (unpaired) electrons. The van der Waals surface area contributed by atoms with Crippen LogP contribution in [0.2, 0.25) is 0 Å². The van der Waals surface area contributed by atoms with Crippen LogP contribution in [0.1, 0.15) is 40.5 Å². The van der Waals surface area contributed by atoms with Crippen molar-refractivity contribution >= 4 is 17.8 Å². The number of aliphatic carboxylic acids is 1. The summed E-state index contributed by atoms with van der Waals surface area (Å²) in [6.07, 6.45) is 1.58. The first kappa shape index (κ1) is 21.0. The maximum atomic E-state index is 12.9. The standard InChI is InChI=1S/C17H29N3O5/c1-5-7-20(8-6-2)16(22)14-13(19-15(21)10(3)4)11(18)9-12(25-14)17(23)24/h9-11,13-14H,5-8,18H2,1-4H3,(H,19,21)(H,23,24)/t11-,13+,14+/m0/s1. The Balaban J connectivity index is 3.13. The van der Waals surface area contributed by atoms with E-state index in [1.54, 1.807) is 18.7 Å². The van der Waals surface area contributed by atoms with Crippen molar-refractivity contribution in [3.05, 3.63) is 11.8 Å². The van der Waals surface area contributed by atoms with Gasteiger partial charge in [0, 0.05) is 19.0 Å². The van der Waals surface area contributed by atoms with Gasteiger partial charge in [0.1, 0.15) is 0 Å². The van der Waals surface area contributed by atoms with Crippen LogP contribution in [0.15, 0.2) is 11.8 Å². The van der Waals surface area contributed by atoms with E-state index in [4.69, 9.17) is 10.5 Å². The number of carboxylic acids is 1. The zero-order chi connectivity index (χ0) is 19.1. The molecular formula is C17H29N3O5. The predicted molar refractivity (Wildman–Crippen MR) is 92.5 cm³/mol. The van der Waals surface area contributed by atoms with Gasteiger partial charge >= 0.3 is 5.97 Å². The summed E-state index contributed by atoms with van der Waals surface area (Å²) in [5.74, 6) is -2.59. The molecule has 0 aromatic carbocycles. The third-order valence-corrected chi connectivity index (χ3v) is 3.92. The second kappa shape index (κ2) is 9.41. The van der Waals surface area contributed by atoms with Gasteiger partial charge < -0.3 is 25.8 Å². The summed E-state index contributed by atoms with van der Waals surface area (Å²) < 4.78 is 5.42. The minimum Gasteiger partial charge on any atom is -0.475 e. The van der Waals surface area contributed by atoms with Crippen molar-refractivity contribution in [3.63, 3.8) is 0 Å². The molecule has 0 unspecified atom stereocenters. The van der Waals surface area contributed by atoms with Gasteiger partial charge in [0.05, 0.1) is 12.1 Å². The van der Waals surface area contributed by atoms with Gasteiger partial charge in [-0.2, -0.15) is 0 Å². The number of hydrogen-bond donors (Lipinski definition) is 3. The molecule has 0 fully saturated rings. The highest BCUT2D eigenvalue weighted by atomic mass is 16.5. The Labute approximate surface area is 148 Å². The smallest absolute Gasteiger partial charge is 0.370 e. The van der Waals surface area contributed by atoms with Gasteiger partial charge in [-0.05, 0) is 18.9 Å². The molecule has 0 saturated heterocycles. The molecule has 0 saturated carbocycles. The van der Waals surface area contributed by atoms with Gasteiger partial charge in [0.25, 0.3) is 5.91 Å². The molecule has 142 valence electrons. The Morgan fingerprint density at radius 2 is 1.84 bits per heavy atom. The summed E-state index contributed by atoms with van der Waals surface area (Å²) in [7, 11) is 0. The van der Waals surface area contributed by atoms with Gasteiger partial charge in [-0.1, -0.05) is 27.7 Å². The molecule has 4 N–H and O–H groups in total. The summed E-state index contributed by atoms with van der Waals surface area (Å²) >= 11 is 0. The molecule has 0 spiro atoms. The Kier molecular flexibility index (Phi) is 7.89. The molecule has 2 amide bonds. The number of nitrogens with two attached hydrogens (primary N) is 1. The number of nitrogens with zero attached hydrogens (tertiary/aromatic N) is 1. The fourth-order valence-electron chi connectivity index (χ4n) is 2.61. The lowest BCUT2D eigenvalue weighted by atomic mass is 9.96. The first-order chi connectivity index (χ1) is 11.7. The van der Waals surface area contributed by atoms with Gasteiger partial charge in [0.15, 0.2) is 6.10 Å². The fourth-order valence-corrected chi connectivity index (χ4v) is 2.61. The van der Waals surface area contributed by atoms with Crippen LogP contribution in [-0.4, -0.2) is 59.1 Å². The molecule has 1 aliphatic rings. The molecular weight excluding hydrogens is 326 g/mol. The summed E-state index contributed by atoms with van der Waals surface area (Å²) in [5.41, 5.74) is 6.03. The van der Waals surface area contributed by atoms with Gasteiger partial charge in [-0.15, -0.1) is 0 Å². The van der Waals surface area contributed by atoms with E-state index in [0.29, 0.717) is 13.1 Å². The first-order valence-electron chi connectivity index (χ1n) is 8.69. The number of nitrogens with one attached hydrogen (secondary N) is 1. The van der Waals surface area contributed by atoms with Crippen LogP contribution in [0.3, 0.4) is 0 Å². The van der Waals surface area contributed by atoms with Crippen molar-refractivity contribution in [2.45, 2.75) is 58.7 Å². The lowest BCUT2D eigenvalue weighted by Crippen LogP contribution is -2.62. The third kappa shape index (κ3) is 5.45. The lowest BCUT2D eigenvalue weighted by molar-refractivity contribution is -0.149. The van der Waals surface area contributed by atoms with Crippen molar-refractivity contribution < 1.29 is 24.2 Å². The van der Waals surface area contributed by atoms with E-state index < -0.39 is 24.2 Å². The van der Waals surface area contributed by atoms with Crippen LogP contribution in [-0.2, 0) is 19.1 Å². The minimum atomic E-state index is -1.29.